The van der Waals surface area contributed by atoms with Gasteiger partial charge in [-0.15, -0.1) is 0 Å². The smallest absolute Gasteiger partial charge is 0.260 e. The SMILES string of the molecule is CCCC1CCN(S(=O)(=O)c2ccc(CO)cn2)CC1. The standard InChI is InChI=1S/C14H22N2O3S/c1-2-3-12-6-8-16(9-7-12)20(18,19)14-5-4-13(11-17)10-15-14/h4-5,10,12,17H,2-3,6-9,11H2,1H3. The van der Waals surface area contributed by atoms with Gasteiger partial charge in [0.15, 0.2) is 5.03 Å². The zero-order chi connectivity index (χ0) is 14.6. The van der Waals surface area contributed by atoms with Crippen LogP contribution in [0.15, 0.2) is 23.4 Å². The summed E-state index contributed by atoms with van der Waals surface area (Å²) in [6.45, 7) is 3.19. The normalized spacial score (nSPS) is 18.3. The number of aliphatic hydroxyl groups excluding tert-OH is 1. The zero-order valence-corrected chi connectivity index (χ0v) is 12.6. The van der Waals surface area contributed by atoms with Crippen molar-refractivity contribution in [1.29, 1.82) is 0 Å². The summed E-state index contributed by atoms with van der Waals surface area (Å²) in [5.74, 6) is 0.649. The van der Waals surface area contributed by atoms with Crippen molar-refractivity contribution in [3.05, 3.63) is 23.9 Å². The van der Waals surface area contributed by atoms with Gasteiger partial charge in [-0.2, -0.15) is 4.31 Å². The zero-order valence-electron chi connectivity index (χ0n) is 11.8. The molecule has 0 aromatic carbocycles. The minimum absolute atomic E-state index is 0.0728. The minimum atomic E-state index is -3.48. The van der Waals surface area contributed by atoms with Crippen LogP contribution < -0.4 is 0 Å². The molecule has 6 heteroatoms. The Bertz CT molecular complexity index is 520. The van der Waals surface area contributed by atoms with Gasteiger partial charge in [0.25, 0.3) is 10.0 Å². The lowest BCUT2D eigenvalue weighted by molar-refractivity contribution is 0.261. The average Bonchev–Trinajstić information content (AvgIpc) is 2.48. The van der Waals surface area contributed by atoms with Gasteiger partial charge < -0.3 is 5.11 Å². The molecule has 0 spiro atoms. The van der Waals surface area contributed by atoms with E-state index in [-0.39, 0.29) is 11.6 Å². The molecule has 2 heterocycles. The Hall–Kier alpha value is -0.980. The van der Waals surface area contributed by atoms with Gasteiger partial charge in [0.1, 0.15) is 0 Å². The largest absolute Gasteiger partial charge is 0.392 e. The maximum Gasteiger partial charge on any atom is 0.260 e. The second-order valence-electron chi connectivity index (χ2n) is 5.30. The summed E-state index contributed by atoms with van der Waals surface area (Å²) >= 11 is 0. The lowest BCUT2D eigenvalue weighted by Gasteiger charge is -2.30. The molecule has 0 atom stereocenters. The Kier molecular flexibility index (Phi) is 5.12. The van der Waals surface area contributed by atoms with Crippen LogP contribution in [0, 0.1) is 5.92 Å². The lowest BCUT2D eigenvalue weighted by atomic mass is 9.94. The molecule has 1 aliphatic heterocycles. The second-order valence-corrected chi connectivity index (χ2v) is 7.18. The first kappa shape index (κ1) is 15.4. The number of nitrogens with zero attached hydrogens (tertiary/aromatic N) is 2. The van der Waals surface area contributed by atoms with E-state index in [4.69, 9.17) is 5.11 Å². The molecule has 112 valence electrons. The molecule has 1 fully saturated rings. The van der Waals surface area contributed by atoms with Gasteiger partial charge in [-0.05, 0) is 30.4 Å². The summed E-state index contributed by atoms with van der Waals surface area (Å²) in [5, 5.41) is 9.03. The van der Waals surface area contributed by atoms with E-state index in [0.29, 0.717) is 24.6 Å². The van der Waals surface area contributed by atoms with Crippen LogP contribution in [0.4, 0.5) is 0 Å². The predicted octanol–water partition coefficient (Wildman–Crippen LogP) is 1.77. The van der Waals surface area contributed by atoms with E-state index in [2.05, 4.69) is 11.9 Å². The van der Waals surface area contributed by atoms with Gasteiger partial charge >= 0.3 is 0 Å². The van der Waals surface area contributed by atoms with Gasteiger partial charge in [0, 0.05) is 19.3 Å². The second kappa shape index (κ2) is 6.65. The quantitative estimate of drug-likeness (QED) is 0.899. The summed E-state index contributed by atoms with van der Waals surface area (Å²) < 4.78 is 26.4. The highest BCUT2D eigenvalue weighted by atomic mass is 32.2. The molecule has 1 aliphatic rings. The number of piperidine rings is 1. The number of aliphatic hydroxyl groups is 1. The van der Waals surface area contributed by atoms with E-state index in [9.17, 15) is 8.42 Å². The highest BCUT2D eigenvalue weighted by Crippen LogP contribution is 2.25. The van der Waals surface area contributed by atoms with Crippen molar-refractivity contribution in [2.24, 2.45) is 5.92 Å². The molecule has 0 aliphatic carbocycles. The van der Waals surface area contributed by atoms with Crippen molar-refractivity contribution in [2.75, 3.05) is 13.1 Å². The van der Waals surface area contributed by atoms with Gasteiger partial charge in [0.05, 0.1) is 6.61 Å². The first-order chi connectivity index (χ1) is 9.57. The van der Waals surface area contributed by atoms with Crippen LogP contribution in [0.2, 0.25) is 0 Å². The van der Waals surface area contributed by atoms with E-state index < -0.39 is 10.0 Å². The molecule has 20 heavy (non-hydrogen) atoms. The van der Waals surface area contributed by atoms with E-state index >= 15 is 0 Å². The number of aromatic nitrogens is 1. The van der Waals surface area contributed by atoms with Crippen LogP contribution in [-0.4, -0.2) is 35.9 Å². The molecule has 0 radical (unpaired) electrons. The molecule has 1 N–H and O–H groups in total. The molecule has 1 aromatic rings. The summed E-state index contributed by atoms with van der Waals surface area (Å²) in [6.07, 6.45) is 5.61. The molecule has 0 unspecified atom stereocenters. The van der Waals surface area contributed by atoms with Crippen molar-refractivity contribution in [1.82, 2.24) is 9.29 Å². The van der Waals surface area contributed by atoms with Gasteiger partial charge in [-0.25, -0.2) is 13.4 Å². The third-order valence-corrected chi connectivity index (χ3v) is 5.67. The predicted molar refractivity (Wildman–Crippen MR) is 76.6 cm³/mol. The number of rotatable bonds is 5. The molecule has 1 saturated heterocycles. The fraction of sp³-hybridized carbons (Fsp3) is 0.643. The van der Waals surface area contributed by atoms with E-state index in [1.54, 1.807) is 6.07 Å². The maximum absolute atomic E-state index is 12.5. The monoisotopic (exact) mass is 298 g/mol. The van der Waals surface area contributed by atoms with Crippen LogP contribution in [0.1, 0.15) is 38.2 Å². The fourth-order valence-corrected chi connectivity index (χ4v) is 4.02. The molecular formula is C14H22N2O3S. The molecule has 2 rings (SSSR count). The molecule has 0 bridgehead atoms. The molecule has 0 amide bonds. The Morgan fingerprint density at radius 1 is 1.35 bits per heavy atom. The van der Waals surface area contributed by atoms with Crippen molar-refractivity contribution < 1.29 is 13.5 Å². The van der Waals surface area contributed by atoms with Crippen molar-refractivity contribution in [2.45, 2.75) is 44.2 Å². The summed E-state index contributed by atoms with van der Waals surface area (Å²) in [4.78, 5) is 3.96. The summed E-state index contributed by atoms with van der Waals surface area (Å²) in [5.41, 5.74) is 0.616. The van der Waals surface area contributed by atoms with E-state index in [0.717, 1.165) is 19.3 Å². The Morgan fingerprint density at radius 2 is 2.05 bits per heavy atom. The maximum atomic E-state index is 12.5. The Labute approximate surface area is 120 Å². The van der Waals surface area contributed by atoms with E-state index in [1.807, 2.05) is 0 Å². The van der Waals surface area contributed by atoms with Crippen molar-refractivity contribution >= 4 is 10.0 Å². The summed E-state index contributed by atoms with van der Waals surface area (Å²) in [6, 6.07) is 3.07. The average molecular weight is 298 g/mol. The topological polar surface area (TPSA) is 70.5 Å². The van der Waals surface area contributed by atoms with Crippen LogP contribution >= 0.6 is 0 Å². The molecule has 0 saturated carbocycles. The molecule has 5 nitrogen and oxygen atoms in total. The minimum Gasteiger partial charge on any atom is -0.392 e. The highest BCUT2D eigenvalue weighted by Gasteiger charge is 2.29. The highest BCUT2D eigenvalue weighted by molar-refractivity contribution is 7.89. The first-order valence-electron chi connectivity index (χ1n) is 7.14. The van der Waals surface area contributed by atoms with Crippen LogP contribution in [0.5, 0.6) is 0 Å². The molecular weight excluding hydrogens is 276 g/mol. The Balaban J connectivity index is 2.07. The first-order valence-corrected chi connectivity index (χ1v) is 8.58. The van der Waals surface area contributed by atoms with Crippen molar-refractivity contribution in [3.63, 3.8) is 0 Å². The van der Waals surface area contributed by atoms with Crippen LogP contribution in [0.25, 0.3) is 0 Å². The third kappa shape index (κ3) is 3.37. The van der Waals surface area contributed by atoms with Crippen LogP contribution in [-0.2, 0) is 16.6 Å². The van der Waals surface area contributed by atoms with Crippen molar-refractivity contribution in [3.8, 4) is 0 Å². The van der Waals surface area contributed by atoms with Crippen LogP contribution in [0.3, 0.4) is 0 Å². The van der Waals surface area contributed by atoms with Gasteiger partial charge in [-0.3, -0.25) is 0 Å². The number of pyridine rings is 1. The van der Waals surface area contributed by atoms with Gasteiger partial charge in [-0.1, -0.05) is 25.8 Å². The summed E-state index contributed by atoms with van der Waals surface area (Å²) in [7, 11) is -3.48. The van der Waals surface area contributed by atoms with Gasteiger partial charge in [0.2, 0.25) is 0 Å². The van der Waals surface area contributed by atoms with E-state index in [1.165, 1.54) is 23.0 Å². The fourth-order valence-electron chi connectivity index (χ4n) is 2.64. The third-order valence-electron chi connectivity index (χ3n) is 3.85. The lowest BCUT2D eigenvalue weighted by Crippen LogP contribution is -2.38. The number of hydrogen-bond donors (Lipinski definition) is 1. The Morgan fingerprint density at radius 3 is 2.55 bits per heavy atom. The molecule has 1 aromatic heterocycles. The number of sulfonamides is 1. The number of hydrogen-bond acceptors (Lipinski definition) is 4.